The Morgan fingerprint density at radius 2 is 2.10 bits per heavy atom. The minimum absolute atomic E-state index is 0.168. The average molecular weight is 295 g/mol. The number of aromatic hydroxyl groups is 1. The van der Waals surface area contributed by atoms with E-state index < -0.39 is 9.84 Å². The van der Waals surface area contributed by atoms with Crippen LogP contribution in [0, 0.1) is 0 Å². The molecule has 0 bridgehead atoms. The molecule has 0 radical (unpaired) electrons. The average Bonchev–Trinajstić information content (AvgIpc) is 2.75. The molecule has 1 fully saturated rings. The molecule has 2 N–H and O–H groups in total. The second-order valence-electron chi connectivity index (χ2n) is 5.87. The normalized spacial score (nSPS) is 28.2. The van der Waals surface area contributed by atoms with Gasteiger partial charge in [-0.25, -0.2) is 8.42 Å². The predicted octanol–water partition coefficient (Wildman–Crippen LogP) is 1.94. The van der Waals surface area contributed by atoms with E-state index in [1.54, 1.807) is 6.07 Å². The molecule has 1 aliphatic heterocycles. The van der Waals surface area contributed by atoms with E-state index in [0.29, 0.717) is 12.3 Å². The number of hydrogen-bond acceptors (Lipinski definition) is 4. The van der Waals surface area contributed by atoms with Gasteiger partial charge in [0.1, 0.15) is 5.75 Å². The van der Waals surface area contributed by atoms with Crippen molar-refractivity contribution in [1.82, 2.24) is 5.32 Å². The van der Waals surface area contributed by atoms with Crippen molar-refractivity contribution in [3.05, 3.63) is 29.3 Å². The van der Waals surface area contributed by atoms with Gasteiger partial charge in [-0.05, 0) is 55.4 Å². The van der Waals surface area contributed by atoms with Crippen LogP contribution in [0.2, 0.25) is 0 Å². The molecule has 2 aliphatic rings. The number of rotatable bonds is 3. The van der Waals surface area contributed by atoms with Crippen LogP contribution in [0.1, 0.15) is 42.9 Å². The molecule has 1 aliphatic carbocycles. The SMILES string of the molecule is O=S1(=O)CCCC1CNC1CCCc2ccc(O)cc21. The Morgan fingerprint density at radius 3 is 2.85 bits per heavy atom. The van der Waals surface area contributed by atoms with E-state index in [1.807, 2.05) is 12.1 Å². The van der Waals surface area contributed by atoms with Crippen molar-refractivity contribution in [2.45, 2.75) is 43.4 Å². The zero-order valence-corrected chi connectivity index (χ0v) is 12.3. The molecule has 110 valence electrons. The Kier molecular flexibility index (Phi) is 3.73. The highest BCUT2D eigenvalue weighted by molar-refractivity contribution is 7.92. The maximum Gasteiger partial charge on any atom is 0.154 e. The van der Waals surface area contributed by atoms with Crippen LogP contribution in [0.3, 0.4) is 0 Å². The van der Waals surface area contributed by atoms with Crippen molar-refractivity contribution in [3.63, 3.8) is 0 Å². The van der Waals surface area contributed by atoms with Crippen molar-refractivity contribution in [2.75, 3.05) is 12.3 Å². The Labute approximate surface area is 120 Å². The highest BCUT2D eigenvalue weighted by Crippen LogP contribution is 2.32. The second kappa shape index (κ2) is 5.37. The Hall–Kier alpha value is -1.07. The fraction of sp³-hybridized carbons (Fsp3) is 0.600. The van der Waals surface area contributed by atoms with E-state index >= 15 is 0 Å². The first-order valence-electron chi connectivity index (χ1n) is 7.33. The summed E-state index contributed by atoms with van der Waals surface area (Å²) in [7, 11) is -2.89. The van der Waals surface area contributed by atoms with E-state index in [9.17, 15) is 13.5 Å². The van der Waals surface area contributed by atoms with Crippen LogP contribution in [0.25, 0.3) is 0 Å². The fourth-order valence-electron chi connectivity index (χ4n) is 3.36. The van der Waals surface area contributed by atoms with Crippen molar-refractivity contribution < 1.29 is 13.5 Å². The number of phenols is 1. The van der Waals surface area contributed by atoms with Crippen LogP contribution in [0.15, 0.2) is 18.2 Å². The summed E-state index contributed by atoms with van der Waals surface area (Å²) in [5.41, 5.74) is 2.40. The zero-order chi connectivity index (χ0) is 14.2. The Balaban J connectivity index is 1.72. The minimum atomic E-state index is -2.89. The quantitative estimate of drug-likeness (QED) is 0.894. The number of nitrogens with one attached hydrogen (secondary N) is 1. The third kappa shape index (κ3) is 2.69. The van der Waals surface area contributed by atoms with Gasteiger partial charge < -0.3 is 10.4 Å². The van der Waals surface area contributed by atoms with Gasteiger partial charge in [-0.1, -0.05) is 6.07 Å². The van der Waals surface area contributed by atoms with E-state index in [0.717, 1.165) is 37.7 Å². The van der Waals surface area contributed by atoms with Crippen LogP contribution in [0.5, 0.6) is 5.75 Å². The first-order valence-corrected chi connectivity index (χ1v) is 9.04. The summed E-state index contributed by atoms with van der Waals surface area (Å²) in [5.74, 6) is 0.618. The number of phenolic OH excluding ortho intramolecular Hbond substituents is 1. The van der Waals surface area contributed by atoms with Crippen LogP contribution >= 0.6 is 0 Å². The second-order valence-corrected chi connectivity index (χ2v) is 8.27. The number of sulfone groups is 1. The lowest BCUT2D eigenvalue weighted by Crippen LogP contribution is -2.34. The summed E-state index contributed by atoms with van der Waals surface area (Å²) >= 11 is 0. The summed E-state index contributed by atoms with van der Waals surface area (Å²) < 4.78 is 23.7. The predicted molar refractivity (Wildman–Crippen MR) is 78.6 cm³/mol. The third-order valence-electron chi connectivity index (χ3n) is 4.50. The number of fused-ring (bicyclic) bond motifs is 1. The van der Waals surface area contributed by atoms with Crippen molar-refractivity contribution in [3.8, 4) is 5.75 Å². The molecular weight excluding hydrogens is 274 g/mol. The van der Waals surface area contributed by atoms with Gasteiger partial charge >= 0.3 is 0 Å². The zero-order valence-electron chi connectivity index (χ0n) is 11.5. The summed E-state index contributed by atoms with van der Waals surface area (Å²) in [4.78, 5) is 0. The largest absolute Gasteiger partial charge is 0.508 e. The molecule has 0 amide bonds. The molecule has 1 saturated heterocycles. The lowest BCUT2D eigenvalue weighted by Gasteiger charge is -2.27. The van der Waals surface area contributed by atoms with Gasteiger partial charge in [0.05, 0.1) is 11.0 Å². The molecule has 0 saturated carbocycles. The standard InChI is InChI=1S/C15H21NO3S/c17-12-7-6-11-3-1-5-15(14(11)9-12)16-10-13-4-2-8-20(13,18)19/h6-7,9,13,15-17H,1-5,8,10H2. The third-order valence-corrected chi connectivity index (χ3v) is 6.77. The van der Waals surface area contributed by atoms with E-state index in [4.69, 9.17) is 0 Å². The Morgan fingerprint density at radius 1 is 1.25 bits per heavy atom. The first kappa shape index (κ1) is 13.9. The highest BCUT2D eigenvalue weighted by Gasteiger charge is 2.32. The van der Waals surface area contributed by atoms with Gasteiger partial charge in [-0.15, -0.1) is 0 Å². The first-order chi connectivity index (χ1) is 9.56. The number of hydrogen-bond donors (Lipinski definition) is 2. The van der Waals surface area contributed by atoms with Crippen LogP contribution < -0.4 is 5.32 Å². The molecule has 1 aromatic rings. The maximum absolute atomic E-state index is 11.9. The molecule has 2 atom stereocenters. The van der Waals surface area contributed by atoms with Crippen molar-refractivity contribution in [1.29, 1.82) is 0 Å². The summed E-state index contributed by atoms with van der Waals surface area (Å²) in [6.07, 6.45) is 4.71. The molecule has 0 spiro atoms. The molecule has 20 heavy (non-hydrogen) atoms. The Bertz CT molecular complexity index is 597. The van der Waals surface area contributed by atoms with Crippen LogP contribution in [-0.2, 0) is 16.3 Å². The van der Waals surface area contributed by atoms with Gasteiger partial charge in [0.25, 0.3) is 0 Å². The van der Waals surface area contributed by atoms with E-state index in [-0.39, 0.29) is 17.0 Å². The highest BCUT2D eigenvalue weighted by atomic mass is 32.2. The molecule has 4 nitrogen and oxygen atoms in total. The topological polar surface area (TPSA) is 66.4 Å². The molecule has 5 heteroatoms. The van der Waals surface area contributed by atoms with Crippen molar-refractivity contribution in [2.24, 2.45) is 0 Å². The summed E-state index contributed by atoms with van der Waals surface area (Å²) in [5, 5.41) is 12.8. The van der Waals surface area contributed by atoms with E-state index in [2.05, 4.69) is 5.32 Å². The molecule has 1 aromatic carbocycles. The number of benzene rings is 1. The minimum Gasteiger partial charge on any atom is -0.508 e. The van der Waals surface area contributed by atoms with Gasteiger partial charge in [0.2, 0.25) is 0 Å². The molecule has 0 aromatic heterocycles. The molecule has 2 unspecified atom stereocenters. The molecule has 1 heterocycles. The van der Waals surface area contributed by atoms with Gasteiger partial charge in [-0.2, -0.15) is 0 Å². The van der Waals surface area contributed by atoms with Crippen LogP contribution in [0.4, 0.5) is 0 Å². The lowest BCUT2D eigenvalue weighted by atomic mass is 9.87. The van der Waals surface area contributed by atoms with Crippen molar-refractivity contribution >= 4 is 9.84 Å². The maximum atomic E-state index is 11.9. The smallest absolute Gasteiger partial charge is 0.154 e. The van der Waals surface area contributed by atoms with Gasteiger partial charge in [-0.3, -0.25) is 0 Å². The fourth-order valence-corrected chi connectivity index (χ4v) is 5.14. The van der Waals surface area contributed by atoms with Crippen LogP contribution in [-0.4, -0.2) is 31.1 Å². The molecule has 3 rings (SSSR count). The summed E-state index contributed by atoms with van der Waals surface area (Å²) in [6, 6.07) is 5.68. The monoisotopic (exact) mass is 295 g/mol. The lowest BCUT2D eigenvalue weighted by molar-refractivity contribution is 0.442. The van der Waals surface area contributed by atoms with Gasteiger partial charge in [0.15, 0.2) is 9.84 Å². The molecular formula is C15H21NO3S. The van der Waals surface area contributed by atoms with E-state index in [1.165, 1.54) is 5.56 Å². The number of aryl methyl sites for hydroxylation is 1. The van der Waals surface area contributed by atoms with Gasteiger partial charge in [0, 0.05) is 12.6 Å². The summed E-state index contributed by atoms with van der Waals surface area (Å²) in [6.45, 7) is 0.530.